The largest absolute Gasteiger partial charge is 0.493 e. The molecule has 1 amide bonds. The molecule has 164 valence electrons. The Balaban J connectivity index is 1.91. The summed E-state index contributed by atoms with van der Waals surface area (Å²) < 4.78 is 21.4. The van der Waals surface area contributed by atoms with Crippen molar-refractivity contribution in [3.8, 4) is 23.0 Å². The zero-order valence-corrected chi connectivity index (χ0v) is 18.4. The predicted molar refractivity (Wildman–Crippen MR) is 115 cm³/mol. The summed E-state index contributed by atoms with van der Waals surface area (Å²) in [5, 5.41) is 12.8. The minimum Gasteiger partial charge on any atom is -0.493 e. The Kier molecular flexibility index (Phi) is 7.94. The molecule has 0 bridgehead atoms. The molecule has 0 spiro atoms. The fraction of sp³-hybridized carbons (Fsp3) is 0.435. The molecule has 0 heterocycles. The highest BCUT2D eigenvalue weighted by Gasteiger charge is 2.18. The first kappa shape index (κ1) is 23.3. The van der Waals surface area contributed by atoms with Crippen LogP contribution in [0.25, 0.3) is 0 Å². The number of aliphatic hydroxyl groups is 1. The lowest BCUT2D eigenvalue weighted by Gasteiger charge is -2.19. The Morgan fingerprint density at radius 3 is 2.03 bits per heavy atom. The molecule has 0 aliphatic carbocycles. The number of nitrogens with one attached hydrogen (secondary N) is 1. The van der Waals surface area contributed by atoms with E-state index in [1.165, 1.54) is 26.9 Å². The van der Waals surface area contributed by atoms with Gasteiger partial charge in [-0.3, -0.25) is 4.79 Å². The van der Waals surface area contributed by atoms with Crippen molar-refractivity contribution in [2.24, 2.45) is 0 Å². The van der Waals surface area contributed by atoms with Crippen molar-refractivity contribution in [1.29, 1.82) is 0 Å². The van der Waals surface area contributed by atoms with E-state index in [-0.39, 0.29) is 24.5 Å². The molecule has 2 N–H and O–H groups in total. The van der Waals surface area contributed by atoms with Gasteiger partial charge in [-0.15, -0.1) is 0 Å². The zero-order chi connectivity index (χ0) is 22.3. The molecule has 0 aromatic heterocycles. The molecule has 0 unspecified atom stereocenters. The number of rotatable bonds is 9. The van der Waals surface area contributed by atoms with Gasteiger partial charge >= 0.3 is 0 Å². The van der Waals surface area contributed by atoms with Gasteiger partial charge in [-0.05, 0) is 35.2 Å². The second kappa shape index (κ2) is 10.2. The van der Waals surface area contributed by atoms with Crippen LogP contribution in [0.15, 0.2) is 36.4 Å². The van der Waals surface area contributed by atoms with E-state index in [2.05, 4.69) is 26.1 Å². The SMILES string of the molecule is COc1cc(C(=O)NC[C@H](O)COc2ccc(C(C)(C)C)cc2)cc(OC)c1OC. The van der Waals surface area contributed by atoms with E-state index in [4.69, 9.17) is 18.9 Å². The van der Waals surface area contributed by atoms with Crippen molar-refractivity contribution >= 4 is 5.91 Å². The molecule has 2 rings (SSSR count). The molecule has 0 radical (unpaired) electrons. The van der Waals surface area contributed by atoms with Gasteiger partial charge in [-0.1, -0.05) is 32.9 Å². The topological polar surface area (TPSA) is 86.3 Å². The van der Waals surface area contributed by atoms with E-state index in [9.17, 15) is 9.90 Å². The zero-order valence-electron chi connectivity index (χ0n) is 18.4. The minimum absolute atomic E-state index is 0.0373. The van der Waals surface area contributed by atoms with Crippen molar-refractivity contribution in [2.45, 2.75) is 32.3 Å². The van der Waals surface area contributed by atoms with Gasteiger partial charge in [0.2, 0.25) is 5.75 Å². The quantitative estimate of drug-likeness (QED) is 0.652. The van der Waals surface area contributed by atoms with Crippen LogP contribution < -0.4 is 24.3 Å². The number of aliphatic hydroxyl groups excluding tert-OH is 1. The van der Waals surface area contributed by atoms with Crippen LogP contribution in [0.1, 0.15) is 36.7 Å². The van der Waals surface area contributed by atoms with Gasteiger partial charge in [0, 0.05) is 12.1 Å². The van der Waals surface area contributed by atoms with Crippen LogP contribution in [0.5, 0.6) is 23.0 Å². The molecule has 7 nitrogen and oxygen atoms in total. The maximum atomic E-state index is 12.5. The molecule has 0 saturated carbocycles. The number of hydrogen-bond acceptors (Lipinski definition) is 6. The van der Waals surface area contributed by atoms with Crippen LogP contribution in [0.4, 0.5) is 0 Å². The van der Waals surface area contributed by atoms with Crippen LogP contribution in [-0.4, -0.2) is 51.6 Å². The molecule has 0 saturated heterocycles. The lowest BCUT2D eigenvalue weighted by atomic mass is 9.87. The average Bonchev–Trinajstić information content (AvgIpc) is 2.74. The van der Waals surface area contributed by atoms with Gasteiger partial charge in [0.15, 0.2) is 11.5 Å². The van der Waals surface area contributed by atoms with Gasteiger partial charge in [0.1, 0.15) is 18.5 Å². The monoisotopic (exact) mass is 417 g/mol. The molecular weight excluding hydrogens is 386 g/mol. The molecular formula is C23H31NO6. The Morgan fingerprint density at radius 2 is 1.57 bits per heavy atom. The first-order valence-corrected chi connectivity index (χ1v) is 9.69. The van der Waals surface area contributed by atoms with E-state index in [1.54, 1.807) is 12.1 Å². The van der Waals surface area contributed by atoms with E-state index in [0.717, 1.165) is 0 Å². The summed E-state index contributed by atoms with van der Waals surface area (Å²) in [5.41, 5.74) is 1.60. The maximum absolute atomic E-state index is 12.5. The third-order valence-corrected chi connectivity index (χ3v) is 4.59. The standard InChI is InChI=1S/C23H31NO6/c1-23(2,3)16-7-9-18(10-8-16)30-14-17(25)13-24-22(26)15-11-19(27-4)21(29-6)20(12-15)28-5/h7-12,17,25H,13-14H2,1-6H3,(H,24,26)/t17-/m0/s1. The second-order valence-electron chi connectivity index (χ2n) is 7.86. The van der Waals surface area contributed by atoms with E-state index < -0.39 is 6.10 Å². The normalized spacial score (nSPS) is 12.1. The first-order valence-electron chi connectivity index (χ1n) is 9.69. The van der Waals surface area contributed by atoms with Crippen molar-refractivity contribution in [3.05, 3.63) is 47.5 Å². The number of carbonyl (C=O) groups is 1. The minimum atomic E-state index is -0.863. The Morgan fingerprint density at radius 1 is 1.00 bits per heavy atom. The summed E-state index contributed by atoms with van der Waals surface area (Å²) in [6.07, 6.45) is -0.863. The van der Waals surface area contributed by atoms with Gasteiger partial charge in [0.25, 0.3) is 5.91 Å². The summed E-state index contributed by atoms with van der Waals surface area (Å²) in [5.74, 6) is 1.46. The Labute approximate surface area is 177 Å². The van der Waals surface area contributed by atoms with E-state index in [0.29, 0.717) is 28.6 Å². The van der Waals surface area contributed by atoms with Crippen LogP contribution in [0.2, 0.25) is 0 Å². The maximum Gasteiger partial charge on any atom is 0.251 e. The highest BCUT2D eigenvalue weighted by Crippen LogP contribution is 2.38. The van der Waals surface area contributed by atoms with Crippen molar-refractivity contribution in [1.82, 2.24) is 5.32 Å². The predicted octanol–water partition coefficient (Wildman–Crippen LogP) is 3.18. The molecule has 2 aromatic rings. The third-order valence-electron chi connectivity index (χ3n) is 4.59. The summed E-state index contributed by atoms with van der Waals surface area (Å²) >= 11 is 0. The second-order valence-corrected chi connectivity index (χ2v) is 7.86. The number of amides is 1. The summed E-state index contributed by atoms with van der Waals surface area (Å²) in [6, 6.07) is 10.9. The molecule has 7 heteroatoms. The number of ether oxygens (including phenoxy) is 4. The summed E-state index contributed by atoms with van der Waals surface area (Å²) in [4.78, 5) is 12.5. The average molecular weight is 418 g/mol. The van der Waals surface area contributed by atoms with Gasteiger partial charge in [0.05, 0.1) is 21.3 Å². The number of benzene rings is 2. The van der Waals surface area contributed by atoms with Gasteiger partial charge in [-0.2, -0.15) is 0 Å². The Bertz CT molecular complexity index is 817. The van der Waals surface area contributed by atoms with E-state index >= 15 is 0 Å². The number of hydrogen-bond donors (Lipinski definition) is 2. The lowest BCUT2D eigenvalue weighted by Crippen LogP contribution is -2.35. The molecule has 0 aliphatic rings. The van der Waals surface area contributed by atoms with Crippen molar-refractivity contribution < 1.29 is 28.8 Å². The highest BCUT2D eigenvalue weighted by molar-refractivity contribution is 5.95. The first-order chi connectivity index (χ1) is 14.2. The van der Waals surface area contributed by atoms with Crippen LogP contribution >= 0.6 is 0 Å². The van der Waals surface area contributed by atoms with Gasteiger partial charge in [-0.25, -0.2) is 0 Å². The van der Waals surface area contributed by atoms with Crippen molar-refractivity contribution in [3.63, 3.8) is 0 Å². The van der Waals surface area contributed by atoms with Crippen molar-refractivity contribution in [2.75, 3.05) is 34.5 Å². The van der Waals surface area contributed by atoms with E-state index in [1.807, 2.05) is 24.3 Å². The Hall–Kier alpha value is -2.93. The third kappa shape index (κ3) is 6.03. The smallest absolute Gasteiger partial charge is 0.251 e. The number of methoxy groups -OCH3 is 3. The van der Waals surface area contributed by atoms with Crippen LogP contribution in [0.3, 0.4) is 0 Å². The summed E-state index contributed by atoms with van der Waals surface area (Å²) in [6.45, 7) is 6.52. The fourth-order valence-electron chi connectivity index (χ4n) is 2.83. The molecule has 0 fully saturated rings. The van der Waals surface area contributed by atoms with Gasteiger partial charge < -0.3 is 29.4 Å². The molecule has 30 heavy (non-hydrogen) atoms. The molecule has 0 aliphatic heterocycles. The highest BCUT2D eigenvalue weighted by atomic mass is 16.5. The number of carbonyl (C=O) groups excluding carboxylic acids is 1. The van der Waals surface area contributed by atoms with Crippen LogP contribution in [-0.2, 0) is 5.41 Å². The fourth-order valence-corrected chi connectivity index (χ4v) is 2.83. The lowest BCUT2D eigenvalue weighted by molar-refractivity contribution is 0.0843. The molecule has 2 aromatic carbocycles. The summed E-state index contributed by atoms with van der Waals surface area (Å²) in [7, 11) is 4.45. The van der Waals surface area contributed by atoms with Crippen LogP contribution in [0, 0.1) is 0 Å². The molecule has 1 atom stereocenters.